The van der Waals surface area contributed by atoms with Gasteiger partial charge in [0, 0.05) is 25.5 Å². The van der Waals surface area contributed by atoms with Gasteiger partial charge in [0.15, 0.2) is 0 Å². The van der Waals surface area contributed by atoms with E-state index in [1.807, 2.05) is 12.1 Å². The number of hydrogen-bond donors (Lipinski definition) is 0. The Balaban J connectivity index is 1.75. The van der Waals surface area contributed by atoms with Crippen molar-refractivity contribution < 1.29 is 8.42 Å². The van der Waals surface area contributed by atoms with Gasteiger partial charge in [0.2, 0.25) is 10.0 Å². The van der Waals surface area contributed by atoms with E-state index >= 15 is 0 Å². The fourth-order valence-corrected chi connectivity index (χ4v) is 6.29. The summed E-state index contributed by atoms with van der Waals surface area (Å²) in [4.78, 5) is 4.13. The Morgan fingerprint density at radius 2 is 1.82 bits per heavy atom. The highest BCUT2D eigenvalue weighted by molar-refractivity contribution is 7.89. The third kappa shape index (κ3) is 3.16. The van der Waals surface area contributed by atoms with E-state index in [4.69, 9.17) is 23.2 Å². The lowest BCUT2D eigenvalue weighted by Crippen LogP contribution is -2.37. The molecule has 1 aliphatic heterocycles. The molecule has 0 aromatic carbocycles. The average Bonchev–Trinajstić information content (AvgIpc) is 2.88. The van der Waals surface area contributed by atoms with Gasteiger partial charge in [-0.3, -0.25) is 4.98 Å². The first-order valence-electron chi connectivity index (χ1n) is 6.83. The van der Waals surface area contributed by atoms with Crippen LogP contribution in [-0.4, -0.2) is 30.8 Å². The number of halogens is 2. The first-order chi connectivity index (χ1) is 10.5. The summed E-state index contributed by atoms with van der Waals surface area (Å²) in [5, 5.41) is 0. The maximum absolute atomic E-state index is 12.6. The first kappa shape index (κ1) is 16.2. The van der Waals surface area contributed by atoms with Crippen LogP contribution in [0.1, 0.15) is 24.3 Å². The molecule has 1 fully saturated rings. The van der Waals surface area contributed by atoms with E-state index in [-0.39, 0.29) is 9.23 Å². The van der Waals surface area contributed by atoms with E-state index in [0.717, 1.165) is 24.2 Å². The van der Waals surface area contributed by atoms with Gasteiger partial charge in [-0.05, 0) is 42.5 Å². The minimum absolute atomic E-state index is 0.117. The molecule has 1 aliphatic rings. The standard InChI is InChI=1S/C14H14Cl2N2O2S2/c15-13-9-12(14(16)21-13)22(19,20)18-7-3-11(4-8-18)10-1-5-17-6-2-10/h1-2,5-6,9,11H,3-4,7-8H2. The normalized spacial score (nSPS) is 17.7. The number of rotatable bonds is 3. The van der Waals surface area contributed by atoms with Crippen molar-refractivity contribution in [3.05, 3.63) is 44.8 Å². The van der Waals surface area contributed by atoms with Gasteiger partial charge >= 0.3 is 0 Å². The van der Waals surface area contributed by atoms with Crippen LogP contribution < -0.4 is 0 Å². The second-order valence-corrected chi connectivity index (χ2v) is 9.34. The molecule has 0 N–H and O–H groups in total. The van der Waals surface area contributed by atoms with Crippen molar-refractivity contribution in [1.82, 2.24) is 9.29 Å². The number of hydrogen-bond acceptors (Lipinski definition) is 4. The summed E-state index contributed by atoms with van der Waals surface area (Å²) < 4.78 is 27.4. The van der Waals surface area contributed by atoms with E-state index < -0.39 is 10.0 Å². The molecule has 3 rings (SSSR count). The third-order valence-corrected chi connectivity index (χ3v) is 7.53. The molecule has 0 aliphatic carbocycles. The molecule has 0 bridgehead atoms. The molecule has 22 heavy (non-hydrogen) atoms. The predicted molar refractivity (Wildman–Crippen MR) is 89.3 cm³/mol. The summed E-state index contributed by atoms with van der Waals surface area (Å²) in [7, 11) is -3.56. The van der Waals surface area contributed by atoms with Crippen molar-refractivity contribution in [2.45, 2.75) is 23.7 Å². The van der Waals surface area contributed by atoms with Gasteiger partial charge in [-0.25, -0.2) is 8.42 Å². The molecule has 0 saturated carbocycles. The van der Waals surface area contributed by atoms with E-state index in [0.29, 0.717) is 23.3 Å². The van der Waals surface area contributed by atoms with Gasteiger partial charge in [0.05, 0.1) is 4.34 Å². The highest BCUT2D eigenvalue weighted by Crippen LogP contribution is 2.37. The smallest absolute Gasteiger partial charge is 0.245 e. The topological polar surface area (TPSA) is 50.3 Å². The summed E-state index contributed by atoms with van der Waals surface area (Å²) in [6, 6.07) is 5.41. The van der Waals surface area contributed by atoms with Gasteiger partial charge in [-0.1, -0.05) is 23.2 Å². The van der Waals surface area contributed by atoms with Crippen LogP contribution in [-0.2, 0) is 10.0 Å². The highest BCUT2D eigenvalue weighted by Gasteiger charge is 2.32. The predicted octanol–water partition coefficient (Wildman–Crippen LogP) is 4.02. The van der Waals surface area contributed by atoms with Crippen LogP contribution in [0.3, 0.4) is 0 Å². The van der Waals surface area contributed by atoms with Gasteiger partial charge in [0.25, 0.3) is 0 Å². The molecule has 1 saturated heterocycles. The van der Waals surface area contributed by atoms with Gasteiger partial charge in [-0.15, -0.1) is 11.3 Å². The largest absolute Gasteiger partial charge is 0.265 e. The van der Waals surface area contributed by atoms with Crippen LogP contribution in [0, 0.1) is 0 Å². The summed E-state index contributed by atoms with van der Waals surface area (Å²) >= 11 is 12.9. The van der Waals surface area contributed by atoms with Crippen molar-refractivity contribution in [1.29, 1.82) is 0 Å². The highest BCUT2D eigenvalue weighted by atomic mass is 35.5. The molecule has 2 aromatic rings. The molecule has 118 valence electrons. The number of aromatic nitrogens is 1. The zero-order valence-corrected chi connectivity index (χ0v) is 14.7. The van der Waals surface area contributed by atoms with Crippen molar-refractivity contribution in [2.75, 3.05) is 13.1 Å². The van der Waals surface area contributed by atoms with Crippen molar-refractivity contribution in [3.8, 4) is 0 Å². The lowest BCUT2D eigenvalue weighted by molar-refractivity contribution is 0.319. The van der Waals surface area contributed by atoms with Crippen LogP contribution in [0.25, 0.3) is 0 Å². The van der Waals surface area contributed by atoms with E-state index in [9.17, 15) is 8.42 Å². The molecule has 0 spiro atoms. The van der Waals surface area contributed by atoms with Crippen molar-refractivity contribution in [3.63, 3.8) is 0 Å². The Kier molecular flexibility index (Phi) is 4.75. The number of piperidine rings is 1. The Morgan fingerprint density at radius 1 is 1.18 bits per heavy atom. The molecular formula is C14H14Cl2N2O2S2. The monoisotopic (exact) mass is 376 g/mol. The molecule has 0 radical (unpaired) electrons. The van der Waals surface area contributed by atoms with Gasteiger partial charge in [-0.2, -0.15) is 4.31 Å². The molecule has 0 atom stereocenters. The third-order valence-electron chi connectivity index (χ3n) is 3.87. The molecule has 0 unspecified atom stereocenters. The fraction of sp³-hybridized carbons (Fsp3) is 0.357. The number of pyridine rings is 1. The number of sulfonamides is 1. The van der Waals surface area contributed by atoms with Gasteiger partial charge < -0.3 is 0 Å². The Morgan fingerprint density at radius 3 is 2.36 bits per heavy atom. The summed E-state index contributed by atoms with van der Waals surface area (Å²) in [5.74, 6) is 0.371. The molecule has 8 heteroatoms. The molecule has 2 aromatic heterocycles. The minimum atomic E-state index is -3.56. The zero-order chi connectivity index (χ0) is 15.7. The maximum atomic E-state index is 12.6. The summed E-state index contributed by atoms with van der Waals surface area (Å²) in [6.07, 6.45) is 5.12. The summed E-state index contributed by atoms with van der Waals surface area (Å²) in [6.45, 7) is 0.970. The van der Waals surface area contributed by atoms with Crippen LogP contribution in [0.4, 0.5) is 0 Å². The second kappa shape index (κ2) is 6.45. The Hall–Kier alpha value is -0.660. The van der Waals surface area contributed by atoms with E-state index in [2.05, 4.69) is 4.98 Å². The minimum Gasteiger partial charge on any atom is -0.265 e. The van der Waals surface area contributed by atoms with Gasteiger partial charge in [0.1, 0.15) is 9.23 Å². The molecule has 4 nitrogen and oxygen atoms in total. The Labute approximate surface area is 143 Å². The van der Waals surface area contributed by atoms with E-state index in [1.54, 1.807) is 12.4 Å². The summed E-state index contributed by atoms with van der Waals surface area (Å²) in [5.41, 5.74) is 1.21. The fourth-order valence-electron chi connectivity index (χ4n) is 2.71. The maximum Gasteiger partial charge on any atom is 0.245 e. The average molecular weight is 377 g/mol. The van der Waals surface area contributed by atoms with E-state index in [1.165, 1.54) is 15.9 Å². The molecule has 0 amide bonds. The van der Waals surface area contributed by atoms with Crippen molar-refractivity contribution in [2.24, 2.45) is 0 Å². The zero-order valence-electron chi connectivity index (χ0n) is 11.6. The second-order valence-electron chi connectivity index (χ2n) is 5.15. The van der Waals surface area contributed by atoms with Crippen LogP contribution >= 0.6 is 34.5 Å². The van der Waals surface area contributed by atoms with Crippen molar-refractivity contribution >= 4 is 44.6 Å². The quantitative estimate of drug-likeness (QED) is 0.812. The molecular weight excluding hydrogens is 363 g/mol. The van der Waals surface area contributed by atoms with Crippen LogP contribution in [0.15, 0.2) is 35.5 Å². The van der Waals surface area contributed by atoms with Crippen LogP contribution in [0.5, 0.6) is 0 Å². The van der Waals surface area contributed by atoms with Crippen LogP contribution in [0.2, 0.25) is 8.67 Å². The first-order valence-corrected chi connectivity index (χ1v) is 9.84. The lowest BCUT2D eigenvalue weighted by atomic mass is 9.91. The molecule has 3 heterocycles. The number of thiophene rings is 1. The number of nitrogens with zero attached hydrogens (tertiary/aromatic N) is 2. The Bertz CT molecular complexity index is 754. The lowest BCUT2D eigenvalue weighted by Gasteiger charge is -2.31. The SMILES string of the molecule is O=S(=O)(c1cc(Cl)sc1Cl)N1CCC(c2ccncc2)CC1.